The SMILES string of the molecule is CC(C)(C)OC(=O)NC(C)(C)c1noc(CN2CCN(C(=O)Cc3ccccc3Cl)CC2)n1. The minimum absolute atomic E-state index is 0.0674. The van der Waals surface area contributed by atoms with Crippen molar-refractivity contribution in [2.45, 2.75) is 58.7 Å². The van der Waals surface area contributed by atoms with Crippen molar-refractivity contribution in [3.63, 3.8) is 0 Å². The van der Waals surface area contributed by atoms with E-state index < -0.39 is 17.2 Å². The number of rotatable bonds is 6. The van der Waals surface area contributed by atoms with Crippen LogP contribution in [0.15, 0.2) is 28.8 Å². The third kappa shape index (κ3) is 7.17. The van der Waals surface area contributed by atoms with Crippen LogP contribution in [0.2, 0.25) is 5.02 Å². The summed E-state index contributed by atoms with van der Waals surface area (Å²) in [5.41, 5.74) is -0.611. The number of amides is 2. The second-order valence-corrected chi connectivity index (χ2v) is 10.1. The Hall–Kier alpha value is -2.65. The van der Waals surface area contributed by atoms with E-state index in [4.69, 9.17) is 20.9 Å². The van der Waals surface area contributed by atoms with E-state index in [1.807, 2.05) is 23.1 Å². The molecule has 1 aliphatic rings. The van der Waals surface area contributed by atoms with Gasteiger partial charge >= 0.3 is 6.09 Å². The van der Waals surface area contributed by atoms with Gasteiger partial charge in [0.1, 0.15) is 11.1 Å². The molecule has 0 spiro atoms. The van der Waals surface area contributed by atoms with E-state index in [0.717, 1.165) is 5.56 Å². The average molecular weight is 478 g/mol. The van der Waals surface area contributed by atoms with E-state index in [1.54, 1.807) is 40.7 Å². The largest absolute Gasteiger partial charge is 0.444 e. The first-order valence-corrected chi connectivity index (χ1v) is 11.4. The number of carbonyl (C=O) groups excluding carboxylic acids is 2. The maximum Gasteiger partial charge on any atom is 0.408 e. The third-order valence-corrected chi connectivity index (χ3v) is 5.59. The highest BCUT2D eigenvalue weighted by Crippen LogP contribution is 2.20. The van der Waals surface area contributed by atoms with Gasteiger partial charge in [0.15, 0.2) is 5.82 Å². The van der Waals surface area contributed by atoms with Crippen molar-refractivity contribution in [2.75, 3.05) is 26.2 Å². The zero-order valence-corrected chi connectivity index (χ0v) is 20.6. The molecule has 3 rings (SSSR count). The molecule has 0 saturated carbocycles. The molecule has 2 aromatic rings. The van der Waals surface area contributed by atoms with Gasteiger partial charge < -0.3 is 19.5 Å². The standard InChI is InChI=1S/C23H32ClN5O4/c1-22(2,3)32-21(31)26-23(4,5)20-25-18(33-27-20)15-28-10-12-29(13-11-28)19(30)14-16-8-6-7-9-17(16)24/h6-9H,10-15H2,1-5H3,(H,26,31). The summed E-state index contributed by atoms with van der Waals surface area (Å²) in [6.07, 6.45) is -0.247. The van der Waals surface area contributed by atoms with Crippen LogP contribution in [0.1, 0.15) is 51.9 Å². The predicted molar refractivity (Wildman–Crippen MR) is 124 cm³/mol. The average Bonchev–Trinajstić information content (AvgIpc) is 3.18. The maximum absolute atomic E-state index is 12.6. The van der Waals surface area contributed by atoms with Crippen LogP contribution < -0.4 is 5.32 Å². The second kappa shape index (κ2) is 10.1. The Labute approximate surface area is 199 Å². The molecule has 9 nitrogen and oxygen atoms in total. The molecule has 0 atom stereocenters. The van der Waals surface area contributed by atoms with E-state index in [9.17, 15) is 9.59 Å². The van der Waals surface area contributed by atoms with Crippen molar-refractivity contribution in [2.24, 2.45) is 0 Å². The summed E-state index contributed by atoms with van der Waals surface area (Å²) in [7, 11) is 0. The summed E-state index contributed by atoms with van der Waals surface area (Å²) >= 11 is 6.18. The van der Waals surface area contributed by atoms with E-state index in [0.29, 0.717) is 55.9 Å². The molecule has 10 heteroatoms. The van der Waals surface area contributed by atoms with Gasteiger partial charge in [0.05, 0.1) is 13.0 Å². The second-order valence-electron chi connectivity index (χ2n) is 9.69. The number of nitrogens with one attached hydrogen (secondary N) is 1. The zero-order valence-electron chi connectivity index (χ0n) is 19.9. The smallest absolute Gasteiger partial charge is 0.408 e. The fourth-order valence-electron chi connectivity index (χ4n) is 3.45. The number of halogens is 1. The molecule has 33 heavy (non-hydrogen) atoms. The number of carbonyl (C=O) groups is 2. The monoisotopic (exact) mass is 477 g/mol. The zero-order chi connectivity index (χ0) is 24.2. The maximum atomic E-state index is 12.6. The van der Waals surface area contributed by atoms with E-state index in [-0.39, 0.29) is 5.91 Å². The van der Waals surface area contributed by atoms with Crippen LogP contribution in [-0.2, 0) is 28.0 Å². The fraction of sp³-hybridized carbons (Fsp3) is 0.565. The molecule has 1 fully saturated rings. The van der Waals surface area contributed by atoms with Crippen LogP contribution >= 0.6 is 11.6 Å². The van der Waals surface area contributed by atoms with Gasteiger partial charge in [0.25, 0.3) is 0 Å². The lowest BCUT2D eigenvalue weighted by atomic mass is 10.1. The molecule has 0 bridgehead atoms. The molecular formula is C23H32ClN5O4. The number of hydrogen-bond donors (Lipinski definition) is 1. The molecule has 1 aromatic carbocycles. The van der Waals surface area contributed by atoms with Gasteiger partial charge in [0.2, 0.25) is 11.8 Å². The van der Waals surface area contributed by atoms with Gasteiger partial charge in [-0.05, 0) is 46.2 Å². The molecule has 2 heterocycles. The number of hydrogen-bond acceptors (Lipinski definition) is 7. The van der Waals surface area contributed by atoms with Crippen molar-refractivity contribution < 1.29 is 18.8 Å². The van der Waals surface area contributed by atoms with Crippen molar-refractivity contribution in [1.29, 1.82) is 0 Å². The Morgan fingerprint density at radius 1 is 1.12 bits per heavy atom. The van der Waals surface area contributed by atoms with Gasteiger partial charge in [-0.15, -0.1) is 0 Å². The van der Waals surface area contributed by atoms with Crippen molar-refractivity contribution in [1.82, 2.24) is 25.3 Å². The Balaban J connectivity index is 1.50. The number of alkyl carbamates (subject to hydrolysis) is 1. The van der Waals surface area contributed by atoms with Crippen LogP contribution in [0.3, 0.4) is 0 Å². The van der Waals surface area contributed by atoms with Crippen molar-refractivity contribution in [3.05, 3.63) is 46.6 Å². The van der Waals surface area contributed by atoms with Gasteiger partial charge in [-0.1, -0.05) is 35.0 Å². The number of ether oxygens (including phenoxy) is 1. The van der Waals surface area contributed by atoms with Crippen LogP contribution in [-0.4, -0.2) is 63.7 Å². The topological polar surface area (TPSA) is 101 Å². The lowest BCUT2D eigenvalue weighted by Gasteiger charge is -2.34. The van der Waals surface area contributed by atoms with E-state index in [2.05, 4.69) is 20.4 Å². The Morgan fingerprint density at radius 3 is 2.42 bits per heavy atom. The van der Waals surface area contributed by atoms with Crippen molar-refractivity contribution >= 4 is 23.6 Å². The van der Waals surface area contributed by atoms with Crippen LogP contribution in [0.5, 0.6) is 0 Å². The first-order valence-electron chi connectivity index (χ1n) is 11.0. The minimum Gasteiger partial charge on any atom is -0.444 e. The summed E-state index contributed by atoms with van der Waals surface area (Å²) < 4.78 is 10.7. The molecule has 1 aromatic heterocycles. The molecule has 1 N–H and O–H groups in total. The molecule has 180 valence electrons. The van der Waals surface area contributed by atoms with E-state index in [1.165, 1.54) is 0 Å². The summed E-state index contributed by atoms with van der Waals surface area (Å²) in [5.74, 6) is 0.898. The quantitative estimate of drug-likeness (QED) is 0.680. The number of piperazine rings is 1. The van der Waals surface area contributed by atoms with Gasteiger partial charge in [-0.25, -0.2) is 4.79 Å². The number of aromatic nitrogens is 2. The highest BCUT2D eigenvalue weighted by Gasteiger charge is 2.31. The first kappa shape index (κ1) is 25.0. The Kier molecular flexibility index (Phi) is 7.64. The number of nitrogens with zero attached hydrogens (tertiary/aromatic N) is 4. The molecule has 0 radical (unpaired) electrons. The highest BCUT2D eigenvalue weighted by atomic mass is 35.5. The van der Waals surface area contributed by atoms with Gasteiger partial charge in [-0.3, -0.25) is 9.69 Å². The molecular weight excluding hydrogens is 446 g/mol. The van der Waals surface area contributed by atoms with E-state index >= 15 is 0 Å². The van der Waals surface area contributed by atoms with Crippen LogP contribution in [0.25, 0.3) is 0 Å². The minimum atomic E-state index is -0.853. The lowest BCUT2D eigenvalue weighted by Crippen LogP contribution is -2.48. The molecule has 1 aliphatic heterocycles. The summed E-state index contributed by atoms with van der Waals surface area (Å²) in [4.78, 5) is 33.2. The van der Waals surface area contributed by atoms with Gasteiger partial charge in [-0.2, -0.15) is 4.98 Å². The highest BCUT2D eigenvalue weighted by molar-refractivity contribution is 6.31. The fourth-order valence-corrected chi connectivity index (χ4v) is 3.65. The van der Waals surface area contributed by atoms with Gasteiger partial charge in [0, 0.05) is 31.2 Å². The number of benzene rings is 1. The third-order valence-electron chi connectivity index (χ3n) is 5.22. The molecule has 0 unspecified atom stereocenters. The summed E-state index contributed by atoms with van der Waals surface area (Å²) in [6.45, 7) is 12.1. The Bertz CT molecular complexity index is 977. The van der Waals surface area contributed by atoms with Crippen molar-refractivity contribution in [3.8, 4) is 0 Å². The normalized spacial score (nSPS) is 15.4. The molecule has 1 saturated heterocycles. The lowest BCUT2D eigenvalue weighted by molar-refractivity contribution is -0.132. The Morgan fingerprint density at radius 2 is 1.79 bits per heavy atom. The van der Waals surface area contributed by atoms with Crippen LogP contribution in [0.4, 0.5) is 4.79 Å². The summed E-state index contributed by atoms with van der Waals surface area (Å²) in [5, 5.41) is 7.43. The molecule has 0 aliphatic carbocycles. The molecule has 2 amide bonds. The predicted octanol–water partition coefficient (Wildman–Crippen LogP) is 3.37. The first-order chi connectivity index (χ1) is 15.4. The summed E-state index contributed by atoms with van der Waals surface area (Å²) in [6, 6.07) is 7.41. The van der Waals surface area contributed by atoms with Crippen LogP contribution in [0, 0.1) is 0 Å².